The van der Waals surface area contributed by atoms with Crippen LogP contribution in [0.25, 0.3) is 0 Å². The number of carbonyl (C=O) groups is 1. The Bertz CT molecular complexity index is 964. The first-order chi connectivity index (χ1) is 13.6. The van der Waals surface area contributed by atoms with Crippen molar-refractivity contribution >= 4 is 17.6 Å². The highest BCUT2D eigenvalue weighted by Crippen LogP contribution is 2.37. The summed E-state index contributed by atoms with van der Waals surface area (Å²) >= 11 is 5.90. The van der Waals surface area contributed by atoms with Gasteiger partial charge in [-0.25, -0.2) is 4.79 Å². The maximum atomic E-state index is 11.7. The third-order valence-corrected chi connectivity index (χ3v) is 5.55. The third-order valence-electron chi connectivity index (χ3n) is 5.30. The number of benzene rings is 3. The van der Waals surface area contributed by atoms with E-state index in [0.29, 0.717) is 22.3 Å². The molecule has 0 radical (unpaired) electrons. The summed E-state index contributed by atoms with van der Waals surface area (Å²) in [5.41, 5.74) is 4.61. The Labute approximate surface area is 169 Å². The van der Waals surface area contributed by atoms with E-state index in [1.807, 2.05) is 24.3 Å². The van der Waals surface area contributed by atoms with Gasteiger partial charge >= 0.3 is 5.97 Å². The van der Waals surface area contributed by atoms with Crippen LogP contribution in [0, 0.1) is 0 Å². The fourth-order valence-electron chi connectivity index (χ4n) is 3.91. The first-order valence-corrected chi connectivity index (χ1v) is 9.82. The van der Waals surface area contributed by atoms with Gasteiger partial charge in [-0.3, -0.25) is 0 Å². The van der Waals surface area contributed by atoms with Crippen LogP contribution in [0.2, 0.25) is 5.02 Å². The molecule has 28 heavy (non-hydrogen) atoms. The molecule has 0 bridgehead atoms. The summed E-state index contributed by atoms with van der Waals surface area (Å²) in [6.07, 6.45) is 2.37. The average molecular weight is 393 g/mol. The molecule has 0 saturated heterocycles. The number of rotatable bonds is 5. The zero-order valence-corrected chi connectivity index (χ0v) is 16.1. The molecule has 0 saturated carbocycles. The molecule has 0 spiro atoms. The van der Waals surface area contributed by atoms with Crippen molar-refractivity contribution in [3.8, 4) is 5.75 Å². The van der Waals surface area contributed by atoms with Gasteiger partial charge < -0.3 is 9.84 Å². The van der Waals surface area contributed by atoms with E-state index in [9.17, 15) is 9.90 Å². The summed E-state index contributed by atoms with van der Waals surface area (Å²) < 4.78 is 5.77. The molecule has 4 rings (SSSR count). The van der Waals surface area contributed by atoms with Gasteiger partial charge in [-0.15, -0.1) is 0 Å². The van der Waals surface area contributed by atoms with Crippen molar-refractivity contribution in [3.63, 3.8) is 0 Å². The monoisotopic (exact) mass is 392 g/mol. The molecule has 2 atom stereocenters. The second-order valence-electron chi connectivity index (χ2n) is 7.10. The van der Waals surface area contributed by atoms with E-state index in [2.05, 4.69) is 24.3 Å². The van der Waals surface area contributed by atoms with Crippen LogP contribution >= 0.6 is 11.6 Å². The summed E-state index contributed by atoms with van der Waals surface area (Å²) in [5, 5.41) is 10.1. The highest BCUT2D eigenvalue weighted by atomic mass is 35.5. The predicted molar refractivity (Wildman–Crippen MR) is 110 cm³/mol. The van der Waals surface area contributed by atoms with E-state index in [4.69, 9.17) is 16.3 Å². The number of halogens is 1. The summed E-state index contributed by atoms with van der Waals surface area (Å²) in [6.45, 7) is 0. The average Bonchev–Trinajstić information content (AvgIpc) is 2.73. The first-order valence-electron chi connectivity index (χ1n) is 9.44. The largest absolute Gasteiger partial charge is 0.478 e. The lowest BCUT2D eigenvalue weighted by molar-refractivity contribution is -0.145. The Morgan fingerprint density at radius 3 is 2.43 bits per heavy atom. The number of carboxylic acid groups (broad SMARTS) is 1. The zero-order valence-electron chi connectivity index (χ0n) is 15.3. The quantitative estimate of drug-likeness (QED) is 0.578. The lowest BCUT2D eigenvalue weighted by Gasteiger charge is -2.26. The Balaban J connectivity index is 1.55. The van der Waals surface area contributed by atoms with Crippen LogP contribution in [0.1, 0.15) is 47.1 Å². The third kappa shape index (κ3) is 3.90. The standard InChI is InChI=1S/C24H21ClO3/c25-19-12-8-18(9-13-19)23(24(26)27)28-20-14-10-17(11-15-20)22-7-3-5-16-4-1-2-6-21(16)22/h1-2,4,6,8-15,22-23H,3,5,7H2,(H,26,27). The van der Waals surface area contributed by atoms with Crippen molar-refractivity contribution in [1.82, 2.24) is 0 Å². The Hall–Kier alpha value is -2.78. The van der Waals surface area contributed by atoms with Gasteiger partial charge in [0.2, 0.25) is 6.10 Å². The van der Waals surface area contributed by atoms with E-state index in [-0.39, 0.29) is 0 Å². The molecule has 0 aliphatic heterocycles. The van der Waals surface area contributed by atoms with Crippen molar-refractivity contribution in [2.45, 2.75) is 31.3 Å². The fraction of sp³-hybridized carbons (Fsp3) is 0.208. The van der Waals surface area contributed by atoms with Gasteiger partial charge in [0, 0.05) is 16.5 Å². The van der Waals surface area contributed by atoms with Crippen molar-refractivity contribution in [2.24, 2.45) is 0 Å². The molecule has 1 aliphatic rings. The number of hydrogen-bond donors (Lipinski definition) is 1. The maximum absolute atomic E-state index is 11.7. The molecule has 3 aromatic carbocycles. The van der Waals surface area contributed by atoms with E-state index in [1.165, 1.54) is 23.1 Å². The predicted octanol–water partition coefficient (Wildman–Crippen LogP) is 6.01. The number of hydrogen-bond acceptors (Lipinski definition) is 2. The minimum absolute atomic E-state index is 0.380. The summed E-state index contributed by atoms with van der Waals surface area (Å²) in [5.74, 6) is -0.117. The van der Waals surface area contributed by atoms with Gasteiger partial charge in [-0.2, -0.15) is 0 Å². The van der Waals surface area contributed by atoms with Crippen LogP contribution in [-0.4, -0.2) is 11.1 Å². The van der Waals surface area contributed by atoms with Crippen LogP contribution in [0.5, 0.6) is 5.75 Å². The molecule has 0 heterocycles. The molecule has 1 aliphatic carbocycles. The second kappa shape index (κ2) is 8.07. The van der Waals surface area contributed by atoms with E-state index in [0.717, 1.165) is 12.8 Å². The van der Waals surface area contributed by atoms with Crippen LogP contribution in [0.3, 0.4) is 0 Å². The Morgan fingerprint density at radius 2 is 1.71 bits per heavy atom. The minimum Gasteiger partial charge on any atom is -0.478 e. The maximum Gasteiger partial charge on any atom is 0.349 e. The zero-order chi connectivity index (χ0) is 19.5. The Kier molecular flexibility index (Phi) is 5.36. The van der Waals surface area contributed by atoms with Gasteiger partial charge in [0.15, 0.2) is 0 Å². The summed E-state index contributed by atoms with van der Waals surface area (Å²) in [7, 11) is 0. The van der Waals surface area contributed by atoms with E-state index < -0.39 is 12.1 Å². The molecule has 3 aromatic rings. The van der Waals surface area contributed by atoms with Gasteiger partial charge in [0.05, 0.1) is 0 Å². The van der Waals surface area contributed by atoms with E-state index >= 15 is 0 Å². The number of aliphatic carboxylic acids is 1. The van der Waals surface area contributed by atoms with Gasteiger partial charge in [0.25, 0.3) is 0 Å². The van der Waals surface area contributed by atoms with Crippen LogP contribution in [0.4, 0.5) is 0 Å². The molecule has 2 unspecified atom stereocenters. The van der Waals surface area contributed by atoms with E-state index in [1.54, 1.807) is 24.3 Å². The molecule has 0 aromatic heterocycles. The second-order valence-corrected chi connectivity index (χ2v) is 7.54. The van der Waals surface area contributed by atoms with Crippen molar-refractivity contribution < 1.29 is 14.6 Å². The number of aryl methyl sites for hydroxylation is 1. The topological polar surface area (TPSA) is 46.5 Å². The summed E-state index contributed by atoms with van der Waals surface area (Å²) in [4.78, 5) is 11.7. The summed E-state index contributed by atoms with van der Waals surface area (Å²) in [6, 6.07) is 23.1. The van der Waals surface area contributed by atoms with Crippen molar-refractivity contribution in [3.05, 3.63) is 100 Å². The van der Waals surface area contributed by atoms with Gasteiger partial charge in [-0.05, 0) is 60.2 Å². The molecule has 4 heteroatoms. The number of ether oxygens (including phenoxy) is 1. The highest BCUT2D eigenvalue weighted by Gasteiger charge is 2.23. The smallest absolute Gasteiger partial charge is 0.349 e. The normalized spacial score (nSPS) is 16.8. The van der Waals surface area contributed by atoms with Gasteiger partial charge in [0.1, 0.15) is 5.75 Å². The van der Waals surface area contributed by atoms with Crippen LogP contribution in [-0.2, 0) is 11.2 Å². The lowest BCUT2D eigenvalue weighted by Crippen LogP contribution is -2.18. The molecular formula is C24H21ClO3. The number of carboxylic acids is 1. The SMILES string of the molecule is O=C(O)C(Oc1ccc(C2CCCc3ccccc32)cc1)c1ccc(Cl)cc1. The Morgan fingerprint density at radius 1 is 1.00 bits per heavy atom. The van der Waals surface area contributed by atoms with Crippen LogP contribution < -0.4 is 4.74 Å². The molecule has 0 amide bonds. The van der Waals surface area contributed by atoms with Crippen LogP contribution in [0.15, 0.2) is 72.8 Å². The van der Waals surface area contributed by atoms with Gasteiger partial charge in [-0.1, -0.05) is 60.1 Å². The minimum atomic E-state index is -1.07. The molecule has 3 nitrogen and oxygen atoms in total. The molecular weight excluding hydrogens is 372 g/mol. The number of fused-ring (bicyclic) bond motifs is 1. The molecule has 0 fully saturated rings. The van der Waals surface area contributed by atoms with Crippen molar-refractivity contribution in [1.29, 1.82) is 0 Å². The molecule has 142 valence electrons. The lowest BCUT2D eigenvalue weighted by atomic mass is 9.79. The van der Waals surface area contributed by atoms with Crippen molar-refractivity contribution in [2.75, 3.05) is 0 Å². The molecule has 1 N–H and O–H groups in total. The first kappa shape index (κ1) is 18.6. The fourth-order valence-corrected chi connectivity index (χ4v) is 4.04. The highest BCUT2D eigenvalue weighted by molar-refractivity contribution is 6.30.